The number of aromatic nitrogens is 4. The molecule has 1 fully saturated rings. The van der Waals surface area contributed by atoms with E-state index in [0.717, 1.165) is 17.1 Å². The molecule has 0 spiro atoms. The van der Waals surface area contributed by atoms with Gasteiger partial charge in [-0.2, -0.15) is 0 Å². The maximum absolute atomic E-state index is 12.7. The Kier molecular flexibility index (Phi) is 4.29. The molecule has 1 aliphatic rings. The van der Waals surface area contributed by atoms with Gasteiger partial charge in [0.05, 0.1) is 11.6 Å². The number of ether oxygens (including phenoxy) is 1. The number of carbonyl (C=O) groups is 1. The van der Waals surface area contributed by atoms with E-state index in [1.165, 1.54) is 11.3 Å². The fourth-order valence-corrected chi connectivity index (χ4v) is 3.66. The average molecular weight is 355 g/mol. The summed E-state index contributed by atoms with van der Waals surface area (Å²) in [7, 11) is 1.90. The third-order valence-corrected chi connectivity index (χ3v) is 4.99. The van der Waals surface area contributed by atoms with Gasteiger partial charge >= 0.3 is 0 Å². The second-order valence-electron chi connectivity index (χ2n) is 5.85. The molecule has 4 rings (SSSR count). The molecule has 0 saturated carbocycles. The molecule has 128 valence electrons. The van der Waals surface area contributed by atoms with E-state index in [1.807, 2.05) is 35.3 Å². The Balaban J connectivity index is 1.49. The van der Waals surface area contributed by atoms with E-state index in [2.05, 4.69) is 20.3 Å². The van der Waals surface area contributed by atoms with Gasteiger partial charge in [-0.15, -0.1) is 11.3 Å². The minimum Gasteiger partial charge on any atom is -0.369 e. The largest absolute Gasteiger partial charge is 0.369 e. The van der Waals surface area contributed by atoms with Crippen molar-refractivity contribution in [1.82, 2.24) is 19.5 Å². The van der Waals surface area contributed by atoms with Crippen LogP contribution in [-0.4, -0.2) is 32.0 Å². The van der Waals surface area contributed by atoms with E-state index in [1.54, 1.807) is 18.6 Å². The standard InChI is InChI=1S/C17H17N5O2S/c1-22-7-6-19-15(22)14-12(4-8-24-14)16(23)21-17-20-13(10-25-17)11-3-2-5-18-9-11/h2-3,5-7,9-10,12,14H,4,8H2,1H3,(H,20,21,23)/t12-,14-/m1/s1. The highest BCUT2D eigenvalue weighted by molar-refractivity contribution is 7.14. The van der Waals surface area contributed by atoms with E-state index in [4.69, 9.17) is 4.74 Å². The second-order valence-corrected chi connectivity index (χ2v) is 6.71. The van der Waals surface area contributed by atoms with Crippen molar-refractivity contribution in [3.05, 3.63) is 48.1 Å². The number of rotatable bonds is 4. The molecular weight excluding hydrogens is 338 g/mol. The minimum absolute atomic E-state index is 0.0856. The lowest BCUT2D eigenvalue weighted by Crippen LogP contribution is -2.26. The monoisotopic (exact) mass is 355 g/mol. The number of nitrogens with one attached hydrogen (secondary N) is 1. The summed E-state index contributed by atoms with van der Waals surface area (Å²) >= 11 is 1.40. The third kappa shape index (κ3) is 3.18. The highest BCUT2D eigenvalue weighted by atomic mass is 32.1. The zero-order valence-electron chi connectivity index (χ0n) is 13.6. The van der Waals surface area contributed by atoms with Crippen molar-refractivity contribution in [2.75, 3.05) is 11.9 Å². The Morgan fingerprint density at radius 1 is 1.44 bits per heavy atom. The molecule has 1 N–H and O–H groups in total. The summed E-state index contributed by atoms with van der Waals surface area (Å²) in [6.45, 7) is 0.550. The molecule has 1 amide bonds. The van der Waals surface area contributed by atoms with Crippen LogP contribution >= 0.6 is 11.3 Å². The number of hydrogen-bond donors (Lipinski definition) is 1. The number of carbonyl (C=O) groups excluding carboxylic acids is 1. The number of aryl methyl sites for hydroxylation is 1. The number of imidazole rings is 1. The summed E-state index contributed by atoms with van der Waals surface area (Å²) in [6, 6.07) is 3.80. The number of nitrogens with zero attached hydrogens (tertiary/aromatic N) is 4. The number of hydrogen-bond acceptors (Lipinski definition) is 6. The van der Waals surface area contributed by atoms with Crippen LogP contribution in [0.15, 0.2) is 42.3 Å². The highest BCUT2D eigenvalue weighted by Crippen LogP contribution is 2.34. The third-order valence-electron chi connectivity index (χ3n) is 4.23. The SMILES string of the molecule is Cn1ccnc1[C@@H]1OCC[C@H]1C(=O)Nc1nc(-c2cccnc2)cs1. The van der Waals surface area contributed by atoms with Gasteiger partial charge in [0.1, 0.15) is 11.9 Å². The molecule has 0 aliphatic carbocycles. The first-order valence-corrected chi connectivity index (χ1v) is 8.86. The molecule has 3 aromatic rings. The predicted molar refractivity (Wildman–Crippen MR) is 94.0 cm³/mol. The molecule has 0 aromatic carbocycles. The van der Waals surface area contributed by atoms with Crippen molar-refractivity contribution in [2.45, 2.75) is 12.5 Å². The summed E-state index contributed by atoms with van der Waals surface area (Å²) in [5.74, 6) is 0.414. The van der Waals surface area contributed by atoms with Gasteiger partial charge in [0.2, 0.25) is 5.91 Å². The molecule has 0 radical (unpaired) electrons. The molecule has 25 heavy (non-hydrogen) atoms. The lowest BCUT2D eigenvalue weighted by atomic mass is 10.00. The van der Waals surface area contributed by atoms with Crippen LogP contribution in [0.25, 0.3) is 11.3 Å². The number of thiazole rings is 1. The first kappa shape index (κ1) is 15.9. The smallest absolute Gasteiger partial charge is 0.232 e. The van der Waals surface area contributed by atoms with Crippen molar-refractivity contribution in [3.63, 3.8) is 0 Å². The Bertz CT molecular complexity index is 876. The van der Waals surface area contributed by atoms with Crippen LogP contribution in [0, 0.1) is 5.92 Å². The predicted octanol–water partition coefficient (Wildman–Crippen LogP) is 2.65. The zero-order chi connectivity index (χ0) is 17.2. The van der Waals surface area contributed by atoms with Gasteiger partial charge < -0.3 is 14.6 Å². The summed E-state index contributed by atoms with van der Waals surface area (Å²) in [5.41, 5.74) is 1.73. The summed E-state index contributed by atoms with van der Waals surface area (Å²) in [5, 5.41) is 5.41. The summed E-state index contributed by atoms with van der Waals surface area (Å²) in [4.78, 5) is 25.6. The Labute approximate surface area is 148 Å². The van der Waals surface area contributed by atoms with Crippen LogP contribution in [0.2, 0.25) is 0 Å². The van der Waals surface area contributed by atoms with Crippen molar-refractivity contribution in [2.24, 2.45) is 13.0 Å². The molecule has 8 heteroatoms. The van der Waals surface area contributed by atoms with Crippen molar-refractivity contribution in [3.8, 4) is 11.3 Å². The molecule has 1 aliphatic heterocycles. The first-order valence-electron chi connectivity index (χ1n) is 7.98. The van der Waals surface area contributed by atoms with Crippen LogP contribution in [0.5, 0.6) is 0 Å². The number of amides is 1. The normalized spacial score (nSPS) is 19.9. The number of anilines is 1. The van der Waals surface area contributed by atoms with E-state index in [0.29, 0.717) is 18.2 Å². The topological polar surface area (TPSA) is 81.9 Å². The zero-order valence-corrected chi connectivity index (χ0v) is 14.4. The maximum Gasteiger partial charge on any atom is 0.232 e. The van der Waals surface area contributed by atoms with E-state index in [9.17, 15) is 4.79 Å². The molecule has 4 heterocycles. The molecule has 0 bridgehead atoms. The maximum atomic E-state index is 12.7. The summed E-state index contributed by atoms with van der Waals surface area (Å²) in [6.07, 6.45) is 7.39. The van der Waals surface area contributed by atoms with Gasteiger partial charge in [-0.25, -0.2) is 9.97 Å². The van der Waals surface area contributed by atoms with Crippen molar-refractivity contribution < 1.29 is 9.53 Å². The van der Waals surface area contributed by atoms with Crippen LogP contribution in [-0.2, 0) is 16.6 Å². The quantitative estimate of drug-likeness (QED) is 0.778. The fraction of sp³-hybridized carbons (Fsp3) is 0.294. The number of pyridine rings is 1. The minimum atomic E-state index is -0.322. The van der Waals surface area contributed by atoms with Crippen LogP contribution in [0.4, 0.5) is 5.13 Å². The van der Waals surface area contributed by atoms with Gasteiger partial charge in [0, 0.05) is 49.4 Å². The Hall–Kier alpha value is -2.58. The van der Waals surface area contributed by atoms with Gasteiger partial charge in [-0.1, -0.05) is 0 Å². The van der Waals surface area contributed by atoms with Crippen molar-refractivity contribution >= 4 is 22.4 Å². The van der Waals surface area contributed by atoms with Gasteiger partial charge in [-0.3, -0.25) is 9.78 Å². The fourth-order valence-electron chi connectivity index (χ4n) is 2.94. The van der Waals surface area contributed by atoms with Gasteiger partial charge in [-0.05, 0) is 18.6 Å². The molecule has 3 aromatic heterocycles. The first-order chi connectivity index (χ1) is 12.2. The summed E-state index contributed by atoms with van der Waals surface area (Å²) < 4.78 is 7.64. The molecule has 7 nitrogen and oxygen atoms in total. The van der Waals surface area contributed by atoms with Crippen LogP contribution in [0.1, 0.15) is 18.3 Å². The lowest BCUT2D eigenvalue weighted by molar-refractivity contribution is -0.121. The molecular formula is C17H17N5O2S. The lowest BCUT2D eigenvalue weighted by Gasteiger charge is -2.17. The molecule has 1 saturated heterocycles. The molecule has 0 unspecified atom stereocenters. The van der Waals surface area contributed by atoms with Gasteiger partial charge in [0.15, 0.2) is 5.13 Å². The van der Waals surface area contributed by atoms with Crippen LogP contribution < -0.4 is 5.32 Å². The van der Waals surface area contributed by atoms with E-state index >= 15 is 0 Å². The van der Waals surface area contributed by atoms with E-state index in [-0.39, 0.29) is 17.9 Å². The second kappa shape index (κ2) is 6.73. The Morgan fingerprint density at radius 3 is 3.12 bits per heavy atom. The Morgan fingerprint density at radius 2 is 2.36 bits per heavy atom. The van der Waals surface area contributed by atoms with Crippen molar-refractivity contribution in [1.29, 1.82) is 0 Å². The average Bonchev–Trinajstić information content (AvgIpc) is 3.35. The van der Waals surface area contributed by atoms with Gasteiger partial charge in [0.25, 0.3) is 0 Å². The van der Waals surface area contributed by atoms with E-state index < -0.39 is 0 Å². The highest BCUT2D eigenvalue weighted by Gasteiger charge is 2.37. The van der Waals surface area contributed by atoms with Crippen LogP contribution in [0.3, 0.4) is 0 Å². The molecule has 2 atom stereocenters.